The van der Waals surface area contributed by atoms with Crippen LogP contribution in [-0.2, 0) is 13.0 Å². The van der Waals surface area contributed by atoms with Gasteiger partial charge in [0.25, 0.3) is 0 Å². The van der Waals surface area contributed by atoms with Gasteiger partial charge in [-0.1, -0.05) is 30.3 Å². The van der Waals surface area contributed by atoms with E-state index in [0.29, 0.717) is 5.92 Å². The average molecular weight is 498 g/mol. The number of likely N-dealkylation sites (tertiary alicyclic amines) is 1. The van der Waals surface area contributed by atoms with E-state index in [1.165, 1.54) is 30.6 Å². The highest BCUT2D eigenvalue weighted by Gasteiger charge is 2.22. The minimum Gasteiger partial charge on any atom is -0.357 e. The van der Waals surface area contributed by atoms with Crippen molar-refractivity contribution in [3.63, 3.8) is 0 Å². The third-order valence-corrected chi connectivity index (χ3v) is 5.56. The van der Waals surface area contributed by atoms with Crippen LogP contribution in [0.5, 0.6) is 0 Å². The molecule has 0 saturated carbocycles. The normalized spacial score (nSPS) is 17.5. The predicted molar refractivity (Wildman–Crippen MR) is 127 cm³/mol. The summed E-state index contributed by atoms with van der Waals surface area (Å²) in [6.45, 7) is 8.30. The number of guanidine groups is 1. The maximum atomic E-state index is 4.70. The second-order valence-electron chi connectivity index (χ2n) is 6.90. The van der Waals surface area contributed by atoms with Crippen molar-refractivity contribution in [2.24, 2.45) is 10.9 Å². The lowest BCUT2D eigenvalue weighted by Gasteiger charge is -2.17. The fraction of sp³-hybridized carbons (Fsp3) is 0.476. The molecule has 1 atom stereocenters. The molecule has 4 nitrogen and oxygen atoms in total. The van der Waals surface area contributed by atoms with Crippen molar-refractivity contribution in [3.05, 3.63) is 58.3 Å². The van der Waals surface area contributed by atoms with Crippen LogP contribution in [0.2, 0.25) is 0 Å². The van der Waals surface area contributed by atoms with Gasteiger partial charge in [-0.15, -0.1) is 24.0 Å². The maximum Gasteiger partial charge on any atom is 0.191 e. The van der Waals surface area contributed by atoms with E-state index in [2.05, 4.69) is 69.6 Å². The number of rotatable bonds is 8. The molecule has 0 spiro atoms. The molecule has 0 aliphatic carbocycles. The Kier molecular flexibility index (Phi) is 10.2. The molecule has 0 bridgehead atoms. The van der Waals surface area contributed by atoms with E-state index >= 15 is 0 Å². The van der Waals surface area contributed by atoms with E-state index in [0.717, 1.165) is 38.6 Å². The van der Waals surface area contributed by atoms with Crippen LogP contribution in [0.15, 0.2) is 52.2 Å². The molecule has 1 fully saturated rings. The Hall–Kier alpha value is -1.12. The Balaban J connectivity index is 0.00000261. The van der Waals surface area contributed by atoms with E-state index in [1.807, 2.05) is 0 Å². The van der Waals surface area contributed by atoms with E-state index in [4.69, 9.17) is 4.99 Å². The summed E-state index contributed by atoms with van der Waals surface area (Å²) < 4.78 is 0. The summed E-state index contributed by atoms with van der Waals surface area (Å²) in [5.41, 5.74) is 2.71. The predicted octanol–water partition coefficient (Wildman–Crippen LogP) is 3.99. The maximum absolute atomic E-state index is 4.70. The fourth-order valence-electron chi connectivity index (χ4n) is 3.35. The van der Waals surface area contributed by atoms with Gasteiger partial charge in [-0.25, -0.2) is 4.99 Å². The summed E-state index contributed by atoms with van der Waals surface area (Å²) >= 11 is 1.73. The molecule has 1 aliphatic heterocycles. The highest BCUT2D eigenvalue weighted by molar-refractivity contribution is 14.0. The van der Waals surface area contributed by atoms with Crippen molar-refractivity contribution in [1.82, 2.24) is 15.5 Å². The quantitative estimate of drug-likeness (QED) is 0.329. The lowest BCUT2D eigenvalue weighted by Crippen LogP contribution is -2.40. The minimum absolute atomic E-state index is 0. The van der Waals surface area contributed by atoms with Crippen LogP contribution in [0.1, 0.15) is 24.5 Å². The summed E-state index contributed by atoms with van der Waals surface area (Å²) in [7, 11) is 0. The Morgan fingerprint density at radius 1 is 1.19 bits per heavy atom. The third kappa shape index (κ3) is 7.79. The molecular formula is C21H31IN4S. The van der Waals surface area contributed by atoms with Crippen molar-refractivity contribution >= 4 is 41.3 Å². The van der Waals surface area contributed by atoms with Gasteiger partial charge in [-0.3, -0.25) is 0 Å². The van der Waals surface area contributed by atoms with Crippen molar-refractivity contribution < 1.29 is 0 Å². The number of halogens is 1. The zero-order valence-electron chi connectivity index (χ0n) is 16.1. The van der Waals surface area contributed by atoms with E-state index in [-0.39, 0.29) is 24.0 Å². The molecule has 0 amide bonds. The van der Waals surface area contributed by atoms with Gasteiger partial charge in [0.2, 0.25) is 0 Å². The van der Waals surface area contributed by atoms with Crippen LogP contribution >= 0.6 is 35.3 Å². The van der Waals surface area contributed by atoms with E-state index < -0.39 is 0 Å². The number of benzene rings is 1. The molecule has 6 heteroatoms. The Bertz CT molecular complexity index is 660. The van der Waals surface area contributed by atoms with Crippen LogP contribution < -0.4 is 10.6 Å². The standard InChI is InChI=1S/C21H30N4S.HI/c1-2-22-21(24-15-20-10-13-26-17-20)23-14-19-9-12-25(16-19)11-8-18-6-4-3-5-7-18;/h3-7,10,13,17,19H,2,8-9,11-12,14-16H2,1H3,(H2,22,23,24);1H. The molecular weight excluding hydrogens is 467 g/mol. The smallest absolute Gasteiger partial charge is 0.191 e. The van der Waals surface area contributed by atoms with Crippen LogP contribution in [0.4, 0.5) is 0 Å². The van der Waals surface area contributed by atoms with Gasteiger partial charge in [0.15, 0.2) is 5.96 Å². The van der Waals surface area contributed by atoms with Gasteiger partial charge in [-0.2, -0.15) is 11.3 Å². The van der Waals surface area contributed by atoms with Crippen molar-refractivity contribution in [2.45, 2.75) is 26.3 Å². The first kappa shape index (κ1) is 22.2. The number of nitrogens with one attached hydrogen (secondary N) is 2. The minimum atomic E-state index is 0. The molecule has 2 heterocycles. The molecule has 1 aliphatic rings. The highest BCUT2D eigenvalue weighted by Crippen LogP contribution is 2.16. The summed E-state index contributed by atoms with van der Waals surface area (Å²) in [5.74, 6) is 1.64. The molecule has 0 radical (unpaired) electrons. The summed E-state index contributed by atoms with van der Waals surface area (Å²) in [5, 5.41) is 11.2. The molecule has 27 heavy (non-hydrogen) atoms. The van der Waals surface area contributed by atoms with Crippen molar-refractivity contribution in [2.75, 3.05) is 32.7 Å². The first-order valence-corrected chi connectivity index (χ1v) is 10.6. The van der Waals surface area contributed by atoms with Gasteiger partial charge in [0.1, 0.15) is 0 Å². The second-order valence-corrected chi connectivity index (χ2v) is 7.68. The molecule has 3 rings (SSSR count). The third-order valence-electron chi connectivity index (χ3n) is 4.83. The number of hydrogen-bond acceptors (Lipinski definition) is 3. The first-order valence-electron chi connectivity index (χ1n) is 9.63. The largest absolute Gasteiger partial charge is 0.357 e. The zero-order valence-corrected chi connectivity index (χ0v) is 19.2. The van der Waals surface area contributed by atoms with Gasteiger partial charge in [-0.05, 0) is 60.2 Å². The van der Waals surface area contributed by atoms with Crippen LogP contribution in [0.25, 0.3) is 0 Å². The molecule has 2 N–H and O–H groups in total. The lowest BCUT2D eigenvalue weighted by molar-refractivity contribution is 0.328. The molecule has 1 saturated heterocycles. The monoisotopic (exact) mass is 498 g/mol. The fourth-order valence-corrected chi connectivity index (χ4v) is 4.01. The lowest BCUT2D eigenvalue weighted by atomic mass is 10.1. The highest BCUT2D eigenvalue weighted by atomic mass is 127. The van der Waals surface area contributed by atoms with Crippen LogP contribution in [0.3, 0.4) is 0 Å². The van der Waals surface area contributed by atoms with Gasteiger partial charge in [0.05, 0.1) is 6.54 Å². The molecule has 1 aromatic carbocycles. The number of hydrogen-bond donors (Lipinski definition) is 2. The topological polar surface area (TPSA) is 39.7 Å². The van der Waals surface area contributed by atoms with Crippen molar-refractivity contribution in [3.8, 4) is 0 Å². The number of thiophene rings is 1. The first-order chi connectivity index (χ1) is 12.8. The van der Waals surface area contributed by atoms with Crippen LogP contribution in [0, 0.1) is 5.92 Å². The van der Waals surface area contributed by atoms with E-state index in [9.17, 15) is 0 Å². The molecule has 1 aromatic heterocycles. The Morgan fingerprint density at radius 2 is 2.04 bits per heavy atom. The number of nitrogens with zero attached hydrogens (tertiary/aromatic N) is 2. The van der Waals surface area contributed by atoms with E-state index in [1.54, 1.807) is 11.3 Å². The van der Waals surface area contributed by atoms with Crippen LogP contribution in [-0.4, -0.2) is 43.6 Å². The molecule has 148 valence electrons. The van der Waals surface area contributed by atoms with Gasteiger partial charge in [0, 0.05) is 26.2 Å². The van der Waals surface area contributed by atoms with Gasteiger partial charge < -0.3 is 15.5 Å². The summed E-state index contributed by atoms with van der Waals surface area (Å²) in [6.07, 6.45) is 2.41. The zero-order chi connectivity index (χ0) is 18.0. The van der Waals surface area contributed by atoms with Gasteiger partial charge >= 0.3 is 0 Å². The Labute approximate surface area is 184 Å². The SMILES string of the molecule is CCNC(=NCc1ccsc1)NCC1CCN(CCc2ccccc2)C1.I. The molecule has 2 aromatic rings. The van der Waals surface area contributed by atoms with Crippen molar-refractivity contribution in [1.29, 1.82) is 0 Å². The second kappa shape index (κ2) is 12.4. The molecule has 1 unspecified atom stereocenters. The average Bonchev–Trinajstić information content (AvgIpc) is 3.35. The Morgan fingerprint density at radius 3 is 2.78 bits per heavy atom. The summed E-state index contributed by atoms with van der Waals surface area (Å²) in [4.78, 5) is 7.29. The summed E-state index contributed by atoms with van der Waals surface area (Å²) in [6, 6.07) is 12.9. The number of aliphatic imine (C=N–C) groups is 1.